The van der Waals surface area contributed by atoms with E-state index in [1.807, 2.05) is 0 Å². The van der Waals surface area contributed by atoms with Crippen LogP contribution in [0.4, 0.5) is 85.3 Å². The minimum atomic E-state index is -0.260. The van der Waals surface area contributed by atoms with Gasteiger partial charge in [-0.1, -0.05) is 78.9 Å². The molecule has 0 atom stereocenters. The first-order valence-electron chi connectivity index (χ1n) is 36.3. The molecule has 0 amide bonds. The Labute approximate surface area is 627 Å². The van der Waals surface area contributed by atoms with Crippen LogP contribution in [-0.2, 0) is 0 Å². The summed E-state index contributed by atoms with van der Waals surface area (Å²) in [6.45, 7) is -0.492. The first kappa shape index (κ1) is 61.0. The Balaban J connectivity index is 0.881. The van der Waals surface area contributed by atoms with E-state index in [1.165, 1.54) is 77.5 Å². The summed E-state index contributed by atoms with van der Waals surface area (Å²) in [5, 5.41) is 5.27. The Bertz CT molecular complexity index is 6460. The summed E-state index contributed by atoms with van der Waals surface area (Å²) >= 11 is 0.0452. The van der Waals surface area contributed by atoms with Crippen molar-refractivity contribution in [3.05, 3.63) is 370 Å². The van der Waals surface area contributed by atoms with E-state index in [0.29, 0.717) is 0 Å². The molecule has 0 unspecified atom stereocenters. The zero-order valence-corrected chi connectivity index (χ0v) is 60.8. The third kappa shape index (κ3) is 9.45. The Morgan fingerprint density at radius 3 is 1.32 bits per heavy atom. The molecular formula is C96H61B2N5OSe2. The molecule has 106 heavy (non-hydrogen) atoms. The molecule has 0 saturated carbocycles. The van der Waals surface area contributed by atoms with Gasteiger partial charge in [-0.2, -0.15) is 0 Å². The van der Waals surface area contributed by atoms with Gasteiger partial charge < -0.3 is 9.80 Å². The maximum absolute atomic E-state index is 8.03. The van der Waals surface area contributed by atoms with Gasteiger partial charge in [-0.05, 0) is 48.5 Å². The minimum absolute atomic E-state index is 0.0182. The van der Waals surface area contributed by atoms with Crippen molar-refractivity contribution in [1.82, 2.24) is 0 Å². The van der Waals surface area contributed by atoms with E-state index in [1.54, 1.807) is 0 Å². The quantitative estimate of drug-likeness (QED) is 0.120. The number of para-hydroxylation sites is 7. The second kappa shape index (κ2) is 24.6. The maximum atomic E-state index is 8.03. The molecule has 6 nitrogen and oxygen atoms in total. The molecule has 2 aromatic heterocycles. The zero-order chi connectivity index (χ0) is 69.5. The van der Waals surface area contributed by atoms with Gasteiger partial charge in [0.15, 0.2) is 0 Å². The number of nitrogens with zero attached hydrogens (tertiary/aromatic N) is 5. The third-order valence-corrected chi connectivity index (χ3v) is 27.1. The number of fused-ring (bicyclic) bond motifs is 14. The molecule has 0 aliphatic carbocycles. The van der Waals surface area contributed by atoms with Crippen LogP contribution >= 0.6 is 0 Å². The molecule has 494 valence electrons. The van der Waals surface area contributed by atoms with Gasteiger partial charge in [-0.15, -0.1) is 0 Å². The van der Waals surface area contributed by atoms with Crippen molar-refractivity contribution in [2.45, 2.75) is 0 Å². The standard InChI is InChI=1S/C96H61B2N5OSe2/c1-7-30-62(31-8-1)70-44-27-45-71(63-32-9-2-10-33-63)94(70)103-84-61-88-79(98-76-48-21-23-50-80(76)101(67-40-17-6-18-41-67)87-58-69(59-89(104-88)93(87)98)99(64-34-11-3-12-35-64)65-36-13-4-14-37-65)60-78(84)97-77-49-22-24-51-81(77)102(83-53-29-47-75-73-43-20-26-55-91(73)106-96(75)83)85-56-68(57-86(103)92(85)97)100(66-38-15-5-16-39-66)82-52-28-46-74-72-42-19-25-54-90(72)105-95(74)82/h1-61H. The van der Waals surface area contributed by atoms with Crippen molar-refractivity contribution in [2.75, 3.05) is 24.5 Å². The van der Waals surface area contributed by atoms with Gasteiger partial charge in [0.25, 0.3) is 0 Å². The molecule has 0 radical (unpaired) electrons. The predicted molar refractivity (Wildman–Crippen MR) is 450 cm³/mol. The fraction of sp³-hybridized carbons (Fsp3) is 0. The number of benzene rings is 16. The molecule has 0 saturated heterocycles. The van der Waals surface area contributed by atoms with Crippen molar-refractivity contribution in [3.8, 4) is 33.8 Å². The molecule has 0 bridgehead atoms. The van der Waals surface area contributed by atoms with Crippen molar-refractivity contribution in [1.29, 1.82) is 0 Å². The average molecular weight is 1480 g/mol. The van der Waals surface area contributed by atoms with Crippen LogP contribution in [-0.4, -0.2) is 42.4 Å². The average Bonchev–Trinajstić information content (AvgIpc) is 0.964. The van der Waals surface area contributed by atoms with Gasteiger partial charge in [0, 0.05) is 23.1 Å². The molecule has 0 spiro atoms. The summed E-state index contributed by atoms with van der Waals surface area (Å²) in [7, 11) is 0. The number of hydrogen-bond acceptors (Lipinski definition) is 6. The Hall–Kier alpha value is -12.5. The predicted octanol–water partition coefficient (Wildman–Crippen LogP) is 21.2. The van der Waals surface area contributed by atoms with Crippen LogP contribution in [0.5, 0.6) is 11.5 Å². The van der Waals surface area contributed by atoms with E-state index in [-0.39, 0.29) is 42.4 Å². The summed E-state index contributed by atoms with van der Waals surface area (Å²) in [5.74, 6) is 1.63. The van der Waals surface area contributed by atoms with Gasteiger partial charge in [-0.3, -0.25) is 0 Å². The molecular weight excluding hydrogens is 1420 g/mol. The Kier molecular flexibility index (Phi) is 14.1. The van der Waals surface area contributed by atoms with Crippen molar-refractivity contribution in [2.24, 2.45) is 0 Å². The molecule has 10 heteroatoms. The topological polar surface area (TPSA) is 25.4 Å². The second-order valence-electron chi connectivity index (χ2n) is 27.8. The summed E-state index contributed by atoms with van der Waals surface area (Å²) in [6, 6.07) is 138. The monoisotopic (exact) mass is 1480 g/mol. The van der Waals surface area contributed by atoms with Gasteiger partial charge >= 0.3 is 466 Å². The molecule has 22 rings (SSSR count). The number of rotatable bonds is 11. The van der Waals surface area contributed by atoms with Crippen LogP contribution in [0.1, 0.15) is 0 Å². The van der Waals surface area contributed by atoms with E-state index < -0.39 is 0 Å². The van der Waals surface area contributed by atoms with E-state index in [0.717, 1.165) is 113 Å². The summed E-state index contributed by atoms with van der Waals surface area (Å²) in [6.07, 6.45) is 0. The molecule has 0 N–H and O–H groups in total. The van der Waals surface area contributed by atoms with Gasteiger partial charge in [0.05, 0.1) is 5.69 Å². The normalized spacial score (nSPS) is 12.9. The van der Waals surface area contributed by atoms with E-state index in [4.69, 9.17) is 4.74 Å². The fourth-order valence-electron chi connectivity index (χ4n) is 17.6. The molecule has 6 heterocycles. The first-order valence-corrected chi connectivity index (χ1v) is 39.7. The number of ether oxygens (including phenoxy) is 1. The van der Waals surface area contributed by atoms with Crippen LogP contribution in [0.2, 0.25) is 0 Å². The Morgan fingerprint density at radius 1 is 0.264 bits per heavy atom. The zero-order valence-electron chi connectivity index (χ0n) is 57.3. The SMILES string of the molecule is c1ccc(-c2cccc(-c3ccccc3)c2N2c3cc4c(cc3B3c5ccccc5N(c5cccc6c5[se]c5ccccc56)c5cc(N(c6ccccc6)c6cccc7c6[se]c6ccccc67)cc2c53)B2c3ccccc3N(c3ccccc3)c3cc(N(c5ccccc5)c5ccccc5)cc(c32)O4)cc1. The molecule has 16 aromatic carbocycles. The number of hydrogen-bond donors (Lipinski definition) is 0. The molecule has 18 aromatic rings. The second-order valence-corrected chi connectivity index (χ2v) is 32.2. The molecule has 4 aliphatic rings. The summed E-state index contributed by atoms with van der Waals surface area (Å²) < 4.78 is 13.6. The van der Waals surface area contributed by atoms with Gasteiger partial charge in [0.2, 0.25) is 0 Å². The van der Waals surface area contributed by atoms with Crippen LogP contribution in [0, 0.1) is 0 Å². The third-order valence-electron chi connectivity index (χ3n) is 22.0. The number of anilines is 15. The van der Waals surface area contributed by atoms with Gasteiger partial charge in [-0.25, -0.2) is 0 Å². The molecule has 0 fully saturated rings. The van der Waals surface area contributed by atoms with Gasteiger partial charge in [0.1, 0.15) is 0 Å². The van der Waals surface area contributed by atoms with E-state index >= 15 is 0 Å². The fourth-order valence-corrected chi connectivity index (χ4v) is 22.7. The summed E-state index contributed by atoms with van der Waals surface area (Å²) in [5.41, 5.74) is 28.1. The first-order chi connectivity index (χ1) is 52.6. The van der Waals surface area contributed by atoms with E-state index in [9.17, 15) is 0 Å². The van der Waals surface area contributed by atoms with Crippen LogP contribution in [0.3, 0.4) is 0 Å². The van der Waals surface area contributed by atoms with Crippen LogP contribution in [0.25, 0.3) is 60.8 Å². The van der Waals surface area contributed by atoms with Crippen molar-refractivity contribution >= 4 is 199 Å². The summed E-state index contributed by atoms with van der Waals surface area (Å²) in [4.78, 5) is 12.8. The van der Waals surface area contributed by atoms with E-state index in [2.05, 4.69) is 395 Å². The van der Waals surface area contributed by atoms with Crippen molar-refractivity contribution in [3.63, 3.8) is 0 Å². The molecule has 4 aliphatic heterocycles. The van der Waals surface area contributed by atoms with Crippen LogP contribution < -0.4 is 62.0 Å². The van der Waals surface area contributed by atoms with Crippen LogP contribution in [0.15, 0.2) is 370 Å². The Morgan fingerprint density at radius 2 is 0.708 bits per heavy atom. The van der Waals surface area contributed by atoms with Crippen molar-refractivity contribution < 1.29 is 4.74 Å².